The van der Waals surface area contributed by atoms with Crippen LogP contribution in [-0.2, 0) is 16.6 Å². The van der Waals surface area contributed by atoms with Crippen molar-refractivity contribution in [3.05, 3.63) is 71.7 Å². The van der Waals surface area contributed by atoms with Gasteiger partial charge in [-0.15, -0.1) is 11.3 Å². The molecule has 2 aromatic heterocycles. The van der Waals surface area contributed by atoms with Crippen LogP contribution in [0.5, 0.6) is 0 Å². The predicted octanol–water partition coefficient (Wildman–Crippen LogP) is 3.97. The van der Waals surface area contributed by atoms with Crippen molar-refractivity contribution in [2.75, 3.05) is 16.2 Å². The summed E-state index contributed by atoms with van der Waals surface area (Å²) in [5.74, 6) is 0.313. The van der Waals surface area contributed by atoms with E-state index in [2.05, 4.69) is 33.7 Å². The Kier molecular flexibility index (Phi) is 5.35. The van der Waals surface area contributed by atoms with Gasteiger partial charge in [0, 0.05) is 13.1 Å². The van der Waals surface area contributed by atoms with E-state index in [1.165, 1.54) is 16.9 Å². The van der Waals surface area contributed by atoms with Gasteiger partial charge in [0.2, 0.25) is 0 Å². The molecule has 0 saturated carbocycles. The highest BCUT2D eigenvalue weighted by atomic mass is 32.2. The Bertz CT molecular complexity index is 893. The topological polar surface area (TPSA) is 62.3 Å². The van der Waals surface area contributed by atoms with Crippen LogP contribution in [0.2, 0.25) is 0 Å². The van der Waals surface area contributed by atoms with Gasteiger partial charge in [-0.3, -0.25) is 4.72 Å². The minimum atomic E-state index is -3.56. The van der Waals surface area contributed by atoms with Crippen molar-refractivity contribution in [2.24, 2.45) is 0 Å². The number of pyridine rings is 1. The van der Waals surface area contributed by atoms with Gasteiger partial charge >= 0.3 is 0 Å². The molecule has 25 heavy (non-hydrogen) atoms. The van der Waals surface area contributed by atoms with Gasteiger partial charge in [-0.05, 0) is 36.1 Å². The number of nitrogens with one attached hydrogen (secondary N) is 1. The molecule has 0 unspecified atom stereocenters. The van der Waals surface area contributed by atoms with Crippen molar-refractivity contribution in [3.8, 4) is 0 Å². The third-order valence-electron chi connectivity index (χ3n) is 3.71. The van der Waals surface area contributed by atoms with Gasteiger partial charge in [-0.25, -0.2) is 13.4 Å². The third kappa shape index (κ3) is 4.37. The number of aromatic nitrogens is 1. The van der Waals surface area contributed by atoms with Gasteiger partial charge < -0.3 is 4.90 Å². The summed E-state index contributed by atoms with van der Waals surface area (Å²) in [6, 6.07) is 17.0. The maximum absolute atomic E-state index is 12.2. The Morgan fingerprint density at radius 2 is 1.88 bits per heavy atom. The number of hydrogen-bond donors (Lipinski definition) is 1. The molecule has 1 N–H and O–H groups in total. The second-order valence-electron chi connectivity index (χ2n) is 5.44. The second kappa shape index (κ2) is 7.67. The lowest BCUT2D eigenvalue weighted by molar-refractivity contribution is 0.603. The highest BCUT2D eigenvalue weighted by Gasteiger charge is 2.16. The Morgan fingerprint density at radius 3 is 2.48 bits per heavy atom. The Morgan fingerprint density at radius 1 is 1.08 bits per heavy atom. The number of benzene rings is 1. The average molecular weight is 374 g/mol. The molecule has 3 rings (SSSR count). The smallest absolute Gasteiger partial charge is 0.272 e. The molecular weight excluding hydrogens is 354 g/mol. The number of rotatable bonds is 7. The summed E-state index contributed by atoms with van der Waals surface area (Å²) in [5, 5.41) is 1.73. The van der Waals surface area contributed by atoms with Crippen LogP contribution in [0.1, 0.15) is 12.5 Å². The molecule has 0 aliphatic heterocycles. The fourth-order valence-electron chi connectivity index (χ4n) is 2.43. The van der Waals surface area contributed by atoms with Gasteiger partial charge in [0.05, 0.1) is 11.9 Å². The summed E-state index contributed by atoms with van der Waals surface area (Å²) in [7, 11) is -3.56. The largest absolute Gasteiger partial charge is 0.366 e. The molecule has 1 aromatic carbocycles. The molecule has 0 aliphatic carbocycles. The first-order chi connectivity index (χ1) is 12.1. The molecule has 0 spiro atoms. The summed E-state index contributed by atoms with van der Waals surface area (Å²) in [6.07, 6.45) is 1.69. The van der Waals surface area contributed by atoms with Crippen molar-refractivity contribution in [3.63, 3.8) is 0 Å². The quantitative estimate of drug-likeness (QED) is 0.681. The first-order valence-electron chi connectivity index (χ1n) is 7.90. The number of hydrogen-bond acceptors (Lipinski definition) is 5. The Labute approximate surface area is 152 Å². The van der Waals surface area contributed by atoms with Crippen molar-refractivity contribution < 1.29 is 8.42 Å². The number of anilines is 2. The fourth-order valence-corrected chi connectivity index (χ4v) is 4.43. The SMILES string of the molecule is CCN(Cc1ccccc1)c1ccc(NS(=O)(=O)c2cccs2)nc1. The maximum atomic E-state index is 12.2. The molecule has 3 aromatic rings. The van der Waals surface area contributed by atoms with E-state index in [9.17, 15) is 8.42 Å². The molecule has 7 heteroatoms. The normalized spacial score (nSPS) is 11.2. The molecular formula is C18H19N3O2S2. The first kappa shape index (κ1) is 17.4. The Hall–Kier alpha value is -2.38. The van der Waals surface area contributed by atoms with E-state index in [4.69, 9.17) is 0 Å². The highest BCUT2D eigenvalue weighted by Crippen LogP contribution is 2.21. The summed E-state index contributed by atoms with van der Waals surface area (Å²) >= 11 is 1.18. The van der Waals surface area contributed by atoms with Crippen LogP contribution in [0, 0.1) is 0 Å². The zero-order valence-electron chi connectivity index (χ0n) is 13.8. The van der Waals surface area contributed by atoms with E-state index in [0.717, 1.165) is 18.8 Å². The van der Waals surface area contributed by atoms with Crippen LogP contribution < -0.4 is 9.62 Å². The maximum Gasteiger partial charge on any atom is 0.272 e. The number of thiophene rings is 1. The number of sulfonamides is 1. The summed E-state index contributed by atoms with van der Waals surface area (Å²) in [5.41, 5.74) is 2.16. The minimum absolute atomic E-state index is 0.276. The van der Waals surface area contributed by atoms with E-state index in [1.54, 1.807) is 29.8 Å². The van der Waals surface area contributed by atoms with Crippen molar-refractivity contribution in [1.29, 1.82) is 0 Å². The summed E-state index contributed by atoms with van der Waals surface area (Å²) < 4.78 is 27.2. The zero-order chi connectivity index (χ0) is 17.7. The lowest BCUT2D eigenvalue weighted by Gasteiger charge is -2.23. The van der Waals surface area contributed by atoms with Crippen molar-refractivity contribution in [1.82, 2.24) is 4.98 Å². The van der Waals surface area contributed by atoms with E-state index < -0.39 is 10.0 Å². The first-order valence-corrected chi connectivity index (χ1v) is 10.3. The van der Waals surface area contributed by atoms with Crippen LogP contribution in [0.4, 0.5) is 11.5 Å². The molecule has 0 radical (unpaired) electrons. The standard InChI is InChI=1S/C18H19N3O2S2/c1-2-21(14-15-7-4-3-5-8-15)16-10-11-17(19-13-16)20-25(22,23)18-9-6-12-24-18/h3-13H,2,14H2,1H3,(H,19,20). The molecule has 2 heterocycles. The summed E-state index contributed by atoms with van der Waals surface area (Å²) in [4.78, 5) is 6.44. The van der Waals surface area contributed by atoms with Crippen LogP contribution in [-0.4, -0.2) is 19.9 Å². The second-order valence-corrected chi connectivity index (χ2v) is 8.30. The summed E-state index contributed by atoms with van der Waals surface area (Å²) in [6.45, 7) is 3.69. The lowest BCUT2D eigenvalue weighted by Crippen LogP contribution is -2.22. The van der Waals surface area contributed by atoms with E-state index >= 15 is 0 Å². The van der Waals surface area contributed by atoms with Crippen LogP contribution in [0.3, 0.4) is 0 Å². The molecule has 0 bridgehead atoms. The monoisotopic (exact) mass is 373 g/mol. The van der Waals surface area contributed by atoms with Crippen LogP contribution >= 0.6 is 11.3 Å². The van der Waals surface area contributed by atoms with Gasteiger partial charge in [0.15, 0.2) is 0 Å². The minimum Gasteiger partial charge on any atom is -0.366 e. The molecule has 5 nitrogen and oxygen atoms in total. The van der Waals surface area contributed by atoms with Crippen molar-refractivity contribution >= 4 is 32.9 Å². The molecule has 130 valence electrons. The molecule has 0 amide bonds. The fraction of sp³-hybridized carbons (Fsp3) is 0.167. The van der Waals surface area contributed by atoms with Gasteiger partial charge in [-0.2, -0.15) is 0 Å². The third-order valence-corrected chi connectivity index (χ3v) is 6.46. The van der Waals surface area contributed by atoms with Gasteiger partial charge in [0.25, 0.3) is 10.0 Å². The lowest BCUT2D eigenvalue weighted by atomic mass is 10.2. The van der Waals surface area contributed by atoms with E-state index in [-0.39, 0.29) is 4.21 Å². The number of nitrogens with zero attached hydrogens (tertiary/aromatic N) is 2. The van der Waals surface area contributed by atoms with E-state index in [0.29, 0.717) is 5.82 Å². The molecule has 0 fully saturated rings. The van der Waals surface area contributed by atoms with Crippen LogP contribution in [0.25, 0.3) is 0 Å². The Balaban J connectivity index is 1.73. The van der Waals surface area contributed by atoms with E-state index in [1.807, 2.05) is 24.3 Å². The van der Waals surface area contributed by atoms with Gasteiger partial charge in [0.1, 0.15) is 10.0 Å². The zero-order valence-corrected chi connectivity index (χ0v) is 15.4. The predicted molar refractivity (Wildman–Crippen MR) is 103 cm³/mol. The average Bonchev–Trinajstić information content (AvgIpc) is 3.17. The molecule has 0 saturated heterocycles. The van der Waals surface area contributed by atoms with Crippen molar-refractivity contribution in [2.45, 2.75) is 17.7 Å². The molecule has 0 atom stereocenters. The van der Waals surface area contributed by atoms with Gasteiger partial charge in [-0.1, -0.05) is 36.4 Å². The highest BCUT2D eigenvalue weighted by molar-refractivity contribution is 7.94. The van der Waals surface area contributed by atoms with Crippen LogP contribution in [0.15, 0.2) is 70.4 Å². The molecule has 0 aliphatic rings.